The molecule has 1 amide bonds. The molecule has 27 heavy (non-hydrogen) atoms. The molecule has 0 fully saturated rings. The van der Waals surface area contributed by atoms with E-state index in [9.17, 15) is 13.2 Å². The Morgan fingerprint density at radius 3 is 2.44 bits per heavy atom. The van der Waals surface area contributed by atoms with Crippen LogP contribution in [-0.2, 0) is 21.4 Å². The smallest absolute Gasteiger partial charge is 0.243 e. The van der Waals surface area contributed by atoms with Crippen LogP contribution >= 0.6 is 0 Å². The van der Waals surface area contributed by atoms with E-state index in [1.807, 2.05) is 44.2 Å². The normalized spacial score (nSPS) is 12.3. The first kappa shape index (κ1) is 20.8. The van der Waals surface area contributed by atoms with Gasteiger partial charge in [-0.1, -0.05) is 30.3 Å². The fraction of sp³-hybridized carbons (Fsp3) is 0.350. The summed E-state index contributed by atoms with van der Waals surface area (Å²) in [7, 11) is -2.24. The molecule has 0 radical (unpaired) electrons. The van der Waals surface area contributed by atoms with E-state index in [0.717, 1.165) is 27.3 Å². The SMILES string of the molecule is COc1ccc(C)cc1N([C@H](C)C(=O)NCc1ccccc1C)S(C)(=O)=O. The van der Waals surface area contributed by atoms with Crippen molar-refractivity contribution in [3.05, 3.63) is 59.2 Å². The number of ether oxygens (including phenoxy) is 1. The van der Waals surface area contributed by atoms with Crippen LogP contribution in [0.1, 0.15) is 23.6 Å². The Labute approximate surface area is 161 Å². The molecule has 2 aromatic carbocycles. The van der Waals surface area contributed by atoms with E-state index in [0.29, 0.717) is 18.0 Å². The number of nitrogens with one attached hydrogen (secondary N) is 1. The van der Waals surface area contributed by atoms with Crippen LogP contribution in [-0.4, -0.2) is 33.7 Å². The predicted octanol–water partition coefficient (Wildman–Crippen LogP) is 2.78. The minimum absolute atomic E-state index is 0.332. The van der Waals surface area contributed by atoms with Crippen molar-refractivity contribution in [3.63, 3.8) is 0 Å². The van der Waals surface area contributed by atoms with E-state index in [-0.39, 0.29) is 5.91 Å². The van der Waals surface area contributed by atoms with Gasteiger partial charge in [0.1, 0.15) is 11.8 Å². The van der Waals surface area contributed by atoms with Crippen molar-refractivity contribution in [2.45, 2.75) is 33.4 Å². The molecule has 0 spiro atoms. The standard InChI is InChI=1S/C20H26N2O4S/c1-14-10-11-19(26-4)18(12-14)22(27(5,24)25)16(3)20(23)21-13-17-9-7-6-8-15(17)2/h6-12,16H,13H2,1-5H3,(H,21,23)/t16-/m1/s1. The average Bonchev–Trinajstić information content (AvgIpc) is 2.60. The van der Waals surface area contributed by atoms with Crippen molar-refractivity contribution in [1.29, 1.82) is 0 Å². The minimum atomic E-state index is -3.71. The summed E-state index contributed by atoms with van der Waals surface area (Å²) in [6.45, 7) is 5.71. The van der Waals surface area contributed by atoms with Crippen molar-refractivity contribution in [1.82, 2.24) is 5.32 Å². The van der Waals surface area contributed by atoms with Gasteiger partial charge in [0.2, 0.25) is 15.9 Å². The molecule has 0 bridgehead atoms. The molecule has 7 heteroatoms. The zero-order valence-corrected chi connectivity index (χ0v) is 17.1. The molecule has 1 atom stereocenters. The number of sulfonamides is 1. The van der Waals surface area contributed by atoms with Crippen molar-refractivity contribution >= 4 is 21.6 Å². The molecule has 1 N–H and O–H groups in total. The van der Waals surface area contributed by atoms with Gasteiger partial charge in [-0.15, -0.1) is 0 Å². The summed E-state index contributed by atoms with van der Waals surface area (Å²) in [5, 5.41) is 2.83. The van der Waals surface area contributed by atoms with Crippen LogP contribution in [0.4, 0.5) is 5.69 Å². The Hall–Kier alpha value is -2.54. The maximum atomic E-state index is 12.7. The zero-order chi connectivity index (χ0) is 20.2. The molecule has 0 saturated carbocycles. The van der Waals surface area contributed by atoms with Gasteiger partial charge in [-0.05, 0) is 49.6 Å². The van der Waals surface area contributed by atoms with Crippen LogP contribution in [0.3, 0.4) is 0 Å². The molecule has 0 unspecified atom stereocenters. The molecular weight excluding hydrogens is 364 g/mol. The summed E-state index contributed by atoms with van der Waals surface area (Å²) in [6.07, 6.45) is 1.08. The molecule has 146 valence electrons. The maximum Gasteiger partial charge on any atom is 0.243 e. The van der Waals surface area contributed by atoms with Gasteiger partial charge in [-0.2, -0.15) is 0 Å². The monoisotopic (exact) mass is 390 g/mol. The lowest BCUT2D eigenvalue weighted by atomic mass is 10.1. The molecule has 0 saturated heterocycles. The Kier molecular flexibility index (Phi) is 6.49. The first-order valence-corrected chi connectivity index (χ1v) is 10.5. The van der Waals surface area contributed by atoms with Gasteiger partial charge in [0.05, 0.1) is 19.1 Å². The number of nitrogens with zero attached hydrogens (tertiary/aromatic N) is 1. The van der Waals surface area contributed by atoms with Gasteiger partial charge in [0.25, 0.3) is 0 Å². The largest absolute Gasteiger partial charge is 0.495 e. The summed E-state index contributed by atoms with van der Waals surface area (Å²) >= 11 is 0. The van der Waals surface area contributed by atoms with Crippen molar-refractivity contribution in [3.8, 4) is 5.75 Å². The predicted molar refractivity (Wildman–Crippen MR) is 108 cm³/mol. The summed E-state index contributed by atoms with van der Waals surface area (Å²) in [5.74, 6) is 0.0109. The highest BCUT2D eigenvalue weighted by atomic mass is 32.2. The van der Waals surface area contributed by atoms with E-state index in [1.54, 1.807) is 19.1 Å². The number of carbonyl (C=O) groups is 1. The van der Waals surface area contributed by atoms with Crippen LogP contribution in [0, 0.1) is 13.8 Å². The minimum Gasteiger partial charge on any atom is -0.495 e. The Morgan fingerprint density at radius 1 is 1.19 bits per heavy atom. The summed E-state index contributed by atoms with van der Waals surface area (Å²) in [4.78, 5) is 12.7. The van der Waals surface area contributed by atoms with Crippen LogP contribution in [0.5, 0.6) is 5.75 Å². The molecule has 0 aliphatic carbocycles. The van der Waals surface area contributed by atoms with Crippen LogP contribution in [0.15, 0.2) is 42.5 Å². The van der Waals surface area contributed by atoms with E-state index in [2.05, 4.69) is 5.32 Å². The number of anilines is 1. The Bertz CT molecular complexity index is 925. The lowest BCUT2D eigenvalue weighted by molar-refractivity contribution is -0.122. The Balaban J connectivity index is 2.30. The van der Waals surface area contributed by atoms with Crippen molar-refractivity contribution < 1.29 is 17.9 Å². The van der Waals surface area contributed by atoms with Gasteiger partial charge < -0.3 is 10.1 Å². The highest BCUT2D eigenvalue weighted by Crippen LogP contribution is 2.32. The first-order chi connectivity index (χ1) is 12.6. The zero-order valence-electron chi connectivity index (χ0n) is 16.3. The second-order valence-electron chi connectivity index (χ2n) is 6.55. The number of benzene rings is 2. The number of carbonyl (C=O) groups excluding carboxylic acids is 1. The number of amides is 1. The molecule has 0 aliphatic heterocycles. The second-order valence-corrected chi connectivity index (χ2v) is 8.41. The second kappa shape index (κ2) is 8.43. The van der Waals surface area contributed by atoms with E-state index < -0.39 is 16.1 Å². The van der Waals surface area contributed by atoms with E-state index >= 15 is 0 Å². The van der Waals surface area contributed by atoms with Crippen molar-refractivity contribution in [2.75, 3.05) is 17.7 Å². The molecule has 0 aromatic heterocycles. The number of aryl methyl sites for hydroxylation is 2. The topological polar surface area (TPSA) is 75.7 Å². The number of hydrogen-bond donors (Lipinski definition) is 1. The lowest BCUT2D eigenvalue weighted by Gasteiger charge is -2.29. The molecule has 0 aliphatic rings. The number of rotatable bonds is 7. The summed E-state index contributed by atoms with van der Waals surface area (Å²) in [5.41, 5.74) is 3.26. The third-order valence-corrected chi connectivity index (χ3v) is 5.60. The fourth-order valence-corrected chi connectivity index (χ4v) is 4.06. The molecule has 0 heterocycles. The Morgan fingerprint density at radius 2 is 1.85 bits per heavy atom. The van der Waals surface area contributed by atoms with Gasteiger partial charge >= 0.3 is 0 Å². The first-order valence-electron chi connectivity index (χ1n) is 8.61. The highest BCUT2D eigenvalue weighted by Gasteiger charge is 2.31. The quantitative estimate of drug-likeness (QED) is 0.789. The number of methoxy groups -OCH3 is 1. The van der Waals surface area contributed by atoms with Crippen LogP contribution in [0.2, 0.25) is 0 Å². The van der Waals surface area contributed by atoms with E-state index in [1.165, 1.54) is 7.11 Å². The van der Waals surface area contributed by atoms with Gasteiger partial charge in [-0.3, -0.25) is 9.10 Å². The molecule has 2 aromatic rings. The van der Waals surface area contributed by atoms with Crippen LogP contribution in [0.25, 0.3) is 0 Å². The fourth-order valence-electron chi connectivity index (χ4n) is 2.89. The van der Waals surface area contributed by atoms with Gasteiger partial charge in [-0.25, -0.2) is 8.42 Å². The highest BCUT2D eigenvalue weighted by molar-refractivity contribution is 7.92. The average molecular weight is 391 g/mol. The maximum absolute atomic E-state index is 12.7. The van der Waals surface area contributed by atoms with Gasteiger partial charge in [0.15, 0.2) is 0 Å². The van der Waals surface area contributed by atoms with E-state index in [4.69, 9.17) is 4.74 Å². The molecular formula is C20H26N2O4S. The third-order valence-electron chi connectivity index (χ3n) is 4.37. The van der Waals surface area contributed by atoms with Crippen LogP contribution < -0.4 is 14.4 Å². The van der Waals surface area contributed by atoms with Gasteiger partial charge in [0, 0.05) is 6.54 Å². The lowest BCUT2D eigenvalue weighted by Crippen LogP contribution is -2.47. The number of hydrogen-bond acceptors (Lipinski definition) is 4. The summed E-state index contributed by atoms with van der Waals surface area (Å²) in [6, 6.07) is 12.0. The van der Waals surface area contributed by atoms with Crippen molar-refractivity contribution in [2.24, 2.45) is 0 Å². The third kappa shape index (κ3) is 5.01. The summed E-state index contributed by atoms with van der Waals surface area (Å²) < 4.78 is 31.4. The molecule has 6 nitrogen and oxygen atoms in total. The molecule has 2 rings (SSSR count).